The summed E-state index contributed by atoms with van der Waals surface area (Å²) in [5.74, 6) is 1.80. The maximum atomic E-state index is 11.7. The molecule has 0 aliphatic carbocycles. The normalized spacial score (nSPS) is 21.5. The molecule has 1 amide bonds. The lowest BCUT2D eigenvalue weighted by molar-refractivity contribution is 0.0291. The van der Waals surface area contributed by atoms with Gasteiger partial charge in [0, 0.05) is 12.5 Å². The van der Waals surface area contributed by atoms with E-state index in [-0.39, 0.29) is 6.04 Å². The predicted octanol–water partition coefficient (Wildman–Crippen LogP) is 2.12. The van der Waals surface area contributed by atoms with E-state index in [0.29, 0.717) is 12.1 Å². The fourth-order valence-electron chi connectivity index (χ4n) is 1.56. The minimum atomic E-state index is -0.534. The van der Waals surface area contributed by atoms with Crippen LogP contribution < -0.4 is 0 Å². The fourth-order valence-corrected chi connectivity index (χ4v) is 1.56. The van der Waals surface area contributed by atoms with Gasteiger partial charge in [0.25, 0.3) is 0 Å². The number of carbonyl (C=O) groups is 1. The number of likely N-dealkylation sites (tertiary alicyclic amines) is 1. The van der Waals surface area contributed by atoms with E-state index in [1.807, 2.05) is 6.92 Å². The molecule has 1 heterocycles. The van der Waals surface area contributed by atoms with Crippen molar-refractivity contribution in [3.8, 4) is 0 Å². The van der Waals surface area contributed by atoms with Crippen molar-refractivity contribution >= 4 is 12.0 Å². The third kappa shape index (κ3) is 2.83. The van der Waals surface area contributed by atoms with Crippen LogP contribution in [-0.4, -0.2) is 28.6 Å². The highest BCUT2D eigenvalue weighted by atomic mass is 16.6. The third-order valence-electron chi connectivity index (χ3n) is 2.24. The molecular formula is C11H17NO3. The Hall–Kier alpha value is -1.28. The van der Waals surface area contributed by atoms with Crippen molar-refractivity contribution in [2.24, 2.45) is 0 Å². The monoisotopic (exact) mass is 211 g/mol. The number of ether oxygens (including phenoxy) is 1. The molecule has 4 heteroatoms. The molecule has 0 radical (unpaired) electrons. The Bertz CT molecular complexity index is 310. The van der Waals surface area contributed by atoms with Crippen LogP contribution in [0.25, 0.3) is 0 Å². The van der Waals surface area contributed by atoms with Gasteiger partial charge in [-0.25, -0.2) is 9.59 Å². The maximum Gasteiger partial charge on any atom is 0.415 e. The molecule has 1 fully saturated rings. The highest BCUT2D eigenvalue weighted by molar-refractivity contribution is 5.75. The van der Waals surface area contributed by atoms with E-state index in [9.17, 15) is 9.59 Å². The maximum absolute atomic E-state index is 11.7. The highest BCUT2D eigenvalue weighted by Gasteiger charge is 2.33. The molecule has 0 bridgehead atoms. The molecule has 1 unspecified atom stereocenters. The van der Waals surface area contributed by atoms with Gasteiger partial charge in [0.15, 0.2) is 0 Å². The molecule has 1 aliphatic heterocycles. The van der Waals surface area contributed by atoms with Crippen molar-refractivity contribution in [3.05, 3.63) is 5.70 Å². The summed E-state index contributed by atoms with van der Waals surface area (Å²) in [5, 5.41) is 0. The van der Waals surface area contributed by atoms with Gasteiger partial charge in [-0.1, -0.05) is 0 Å². The second-order valence-corrected chi connectivity index (χ2v) is 4.79. The summed E-state index contributed by atoms with van der Waals surface area (Å²) in [4.78, 5) is 23.8. The van der Waals surface area contributed by atoms with Gasteiger partial charge >= 0.3 is 6.09 Å². The average Bonchev–Trinajstić information content (AvgIpc) is 2.43. The summed E-state index contributed by atoms with van der Waals surface area (Å²) in [5.41, 5.74) is -0.135. The Morgan fingerprint density at radius 1 is 1.53 bits per heavy atom. The van der Waals surface area contributed by atoms with Crippen LogP contribution in [0, 0.1) is 0 Å². The summed E-state index contributed by atoms with van der Waals surface area (Å²) in [6, 6.07) is 0.0244. The van der Waals surface area contributed by atoms with E-state index in [1.54, 1.807) is 26.7 Å². The van der Waals surface area contributed by atoms with E-state index in [2.05, 4.69) is 0 Å². The Morgan fingerprint density at radius 3 is 2.60 bits per heavy atom. The number of hydrogen-bond acceptors (Lipinski definition) is 3. The molecule has 0 N–H and O–H groups in total. The summed E-state index contributed by atoms with van der Waals surface area (Å²) >= 11 is 0. The summed E-state index contributed by atoms with van der Waals surface area (Å²) in [7, 11) is 0. The van der Waals surface area contributed by atoms with Crippen molar-refractivity contribution in [1.29, 1.82) is 0 Å². The minimum Gasteiger partial charge on any atom is -0.443 e. The van der Waals surface area contributed by atoms with Gasteiger partial charge in [-0.05, 0) is 34.1 Å². The van der Waals surface area contributed by atoms with Crippen molar-refractivity contribution < 1.29 is 14.3 Å². The van der Waals surface area contributed by atoms with Gasteiger partial charge in [-0.15, -0.1) is 0 Å². The van der Waals surface area contributed by atoms with Crippen LogP contribution in [0.4, 0.5) is 4.79 Å². The third-order valence-corrected chi connectivity index (χ3v) is 2.24. The molecule has 1 rings (SSSR count). The predicted molar refractivity (Wildman–Crippen MR) is 56.0 cm³/mol. The van der Waals surface area contributed by atoms with Gasteiger partial charge in [0.2, 0.25) is 0 Å². The number of carbonyl (C=O) groups excluding carboxylic acids is 2. The van der Waals surface area contributed by atoms with Crippen LogP contribution >= 0.6 is 0 Å². The number of rotatable bonds is 0. The minimum absolute atomic E-state index is 0.0244. The van der Waals surface area contributed by atoms with Crippen molar-refractivity contribution in [1.82, 2.24) is 4.90 Å². The van der Waals surface area contributed by atoms with E-state index in [1.165, 1.54) is 4.90 Å². The molecule has 0 saturated carbocycles. The summed E-state index contributed by atoms with van der Waals surface area (Å²) in [6.45, 7) is 7.30. The van der Waals surface area contributed by atoms with Gasteiger partial charge in [-0.3, -0.25) is 4.90 Å². The number of nitrogens with zero attached hydrogens (tertiary/aromatic N) is 1. The number of amides is 1. The quantitative estimate of drug-likeness (QED) is 0.576. The largest absolute Gasteiger partial charge is 0.443 e. The molecule has 0 spiro atoms. The van der Waals surface area contributed by atoms with Crippen molar-refractivity contribution in [2.75, 3.05) is 0 Å². The second-order valence-electron chi connectivity index (χ2n) is 4.79. The SMILES string of the molecule is CC1CCC(=C=O)N1C(=O)OC(C)(C)C. The van der Waals surface area contributed by atoms with Gasteiger partial charge < -0.3 is 4.74 Å². The molecular weight excluding hydrogens is 194 g/mol. The molecule has 15 heavy (non-hydrogen) atoms. The zero-order chi connectivity index (χ0) is 11.6. The van der Waals surface area contributed by atoms with E-state index >= 15 is 0 Å². The van der Waals surface area contributed by atoms with Gasteiger partial charge in [0.05, 0.1) is 0 Å². The van der Waals surface area contributed by atoms with Gasteiger partial charge in [-0.2, -0.15) is 0 Å². The molecule has 84 valence electrons. The lowest BCUT2D eigenvalue weighted by Crippen LogP contribution is -2.37. The van der Waals surface area contributed by atoms with Crippen LogP contribution in [-0.2, 0) is 9.53 Å². The van der Waals surface area contributed by atoms with Crippen molar-refractivity contribution in [3.63, 3.8) is 0 Å². The first-order valence-corrected chi connectivity index (χ1v) is 5.11. The Balaban J connectivity index is 2.78. The standard InChI is InChI=1S/C11H17NO3/c1-8-5-6-9(7-13)12(8)10(14)15-11(2,3)4/h8H,5-6H2,1-4H3. The fraction of sp³-hybridized carbons (Fsp3) is 0.727. The van der Waals surface area contributed by atoms with E-state index in [4.69, 9.17) is 4.74 Å². The molecule has 1 saturated heterocycles. The van der Waals surface area contributed by atoms with Crippen molar-refractivity contribution in [2.45, 2.75) is 52.2 Å². The topological polar surface area (TPSA) is 46.6 Å². The van der Waals surface area contributed by atoms with E-state index < -0.39 is 11.7 Å². The Labute approximate surface area is 89.9 Å². The van der Waals surface area contributed by atoms with Crippen LogP contribution in [0.5, 0.6) is 0 Å². The Morgan fingerprint density at radius 2 is 2.13 bits per heavy atom. The lowest BCUT2D eigenvalue weighted by Gasteiger charge is -2.26. The first-order chi connectivity index (χ1) is 6.85. The van der Waals surface area contributed by atoms with Crippen LogP contribution in [0.3, 0.4) is 0 Å². The van der Waals surface area contributed by atoms with Crippen LogP contribution in [0.2, 0.25) is 0 Å². The van der Waals surface area contributed by atoms with Crippen LogP contribution in [0.15, 0.2) is 5.70 Å². The first-order valence-electron chi connectivity index (χ1n) is 5.11. The molecule has 4 nitrogen and oxygen atoms in total. The molecule has 0 aromatic heterocycles. The lowest BCUT2D eigenvalue weighted by atomic mass is 10.2. The molecule has 0 aromatic carbocycles. The molecule has 0 aromatic rings. The van der Waals surface area contributed by atoms with Gasteiger partial charge in [0.1, 0.15) is 17.2 Å². The first kappa shape index (κ1) is 11.8. The average molecular weight is 211 g/mol. The number of allylic oxidation sites excluding steroid dienone is 1. The second kappa shape index (κ2) is 4.07. The molecule has 1 aliphatic rings. The number of hydrogen-bond donors (Lipinski definition) is 0. The highest BCUT2D eigenvalue weighted by Crippen LogP contribution is 2.27. The van der Waals surface area contributed by atoms with Crippen LogP contribution in [0.1, 0.15) is 40.5 Å². The Kier molecular flexibility index (Phi) is 3.20. The molecule has 1 atom stereocenters. The summed E-state index contributed by atoms with van der Waals surface area (Å²) < 4.78 is 5.21. The summed E-state index contributed by atoms with van der Waals surface area (Å²) in [6.07, 6.45) is 0.944. The smallest absolute Gasteiger partial charge is 0.415 e. The zero-order valence-electron chi connectivity index (χ0n) is 9.66. The van der Waals surface area contributed by atoms with E-state index in [0.717, 1.165) is 6.42 Å². The zero-order valence-corrected chi connectivity index (χ0v) is 9.66.